The minimum atomic E-state index is -0.433. The molecule has 110 valence electrons. The number of hydrogen-bond acceptors (Lipinski definition) is 5. The summed E-state index contributed by atoms with van der Waals surface area (Å²) in [5.41, 5.74) is 7.56. The molecule has 1 aromatic carbocycles. The molecule has 0 aliphatic heterocycles. The van der Waals surface area contributed by atoms with Crippen LogP contribution in [0.15, 0.2) is 36.5 Å². The highest BCUT2D eigenvalue weighted by molar-refractivity contribution is 5.87. The molecule has 2 rings (SSSR count). The Bertz CT molecular complexity index is 645. The van der Waals surface area contributed by atoms with Gasteiger partial charge in [-0.05, 0) is 23.8 Å². The first-order chi connectivity index (χ1) is 10.1. The van der Waals surface area contributed by atoms with Gasteiger partial charge in [-0.3, -0.25) is 4.68 Å². The van der Waals surface area contributed by atoms with E-state index in [9.17, 15) is 4.79 Å². The van der Waals surface area contributed by atoms with Gasteiger partial charge in [0.2, 0.25) is 0 Å². The third kappa shape index (κ3) is 3.85. The van der Waals surface area contributed by atoms with Gasteiger partial charge in [0.1, 0.15) is 5.75 Å². The summed E-state index contributed by atoms with van der Waals surface area (Å²) in [6, 6.07) is 7.70. The Morgan fingerprint density at radius 3 is 2.67 bits per heavy atom. The summed E-state index contributed by atoms with van der Waals surface area (Å²) >= 11 is 0. The summed E-state index contributed by atoms with van der Waals surface area (Å²) in [6.45, 7) is 0.584. The summed E-state index contributed by atoms with van der Waals surface area (Å²) < 4.78 is 11.4. The number of carbonyl (C=O) groups excluding carboxylic acids is 1. The molecule has 0 bridgehead atoms. The molecule has 1 aromatic heterocycles. The van der Waals surface area contributed by atoms with E-state index in [1.165, 1.54) is 13.2 Å². The van der Waals surface area contributed by atoms with Crippen LogP contribution < -0.4 is 10.5 Å². The van der Waals surface area contributed by atoms with Crippen LogP contribution in [0.25, 0.3) is 6.08 Å². The lowest BCUT2D eigenvalue weighted by molar-refractivity contribution is -0.134. The minimum absolute atomic E-state index is 0.365. The number of nitrogens with two attached hydrogens (primary N) is 1. The van der Waals surface area contributed by atoms with Crippen molar-refractivity contribution < 1.29 is 14.3 Å². The van der Waals surface area contributed by atoms with Gasteiger partial charge in [-0.25, -0.2) is 4.79 Å². The topological polar surface area (TPSA) is 79.4 Å². The van der Waals surface area contributed by atoms with Gasteiger partial charge in [-0.1, -0.05) is 12.1 Å². The molecule has 0 aliphatic carbocycles. The average Bonchev–Trinajstić information content (AvgIpc) is 2.85. The third-order valence-corrected chi connectivity index (χ3v) is 2.92. The van der Waals surface area contributed by atoms with Crippen molar-refractivity contribution in [3.63, 3.8) is 0 Å². The van der Waals surface area contributed by atoms with Gasteiger partial charge in [0.15, 0.2) is 5.82 Å². The molecule has 0 atom stereocenters. The predicted molar refractivity (Wildman–Crippen MR) is 79.8 cm³/mol. The van der Waals surface area contributed by atoms with Crippen molar-refractivity contribution >= 4 is 17.9 Å². The fourth-order valence-electron chi connectivity index (χ4n) is 1.80. The first kappa shape index (κ1) is 14.6. The number of anilines is 1. The summed E-state index contributed by atoms with van der Waals surface area (Å²) in [5.74, 6) is 0.737. The molecule has 0 aliphatic rings. The molecule has 0 fully saturated rings. The fourth-order valence-corrected chi connectivity index (χ4v) is 1.80. The fraction of sp³-hybridized carbons (Fsp3) is 0.200. The number of aromatic nitrogens is 2. The number of ether oxygens (including phenoxy) is 2. The van der Waals surface area contributed by atoms with E-state index in [4.69, 9.17) is 10.5 Å². The van der Waals surface area contributed by atoms with Crippen LogP contribution in [-0.2, 0) is 16.1 Å². The zero-order chi connectivity index (χ0) is 15.2. The van der Waals surface area contributed by atoms with E-state index in [2.05, 4.69) is 9.84 Å². The Labute approximate surface area is 122 Å². The number of methoxy groups -OCH3 is 2. The van der Waals surface area contributed by atoms with Crippen LogP contribution in [-0.4, -0.2) is 30.0 Å². The summed E-state index contributed by atoms with van der Waals surface area (Å²) in [4.78, 5) is 11.1. The summed E-state index contributed by atoms with van der Waals surface area (Å²) in [6.07, 6.45) is 4.67. The first-order valence-corrected chi connectivity index (χ1v) is 6.34. The smallest absolute Gasteiger partial charge is 0.330 e. The largest absolute Gasteiger partial charge is 0.497 e. The minimum Gasteiger partial charge on any atom is -0.497 e. The highest BCUT2D eigenvalue weighted by atomic mass is 16.5. The number of esters is 1. The number of hydrogen-bond donors (Lipinski definition) is 1. The summed E-state index contributed by atoms with van der Waals surface area (Å²) in [7, 11) is 2.95. The average molecular weight is 287 g/mol. The zero-order valence-electron chi connectivity index (χ0n) is 11.9. The number of nitrogen functional groups attached to an aromatic ring is 1. The van der Waals surface area contributed by atoms with Crippen molar-refractivity contribution in [1.29, 1.82) is 0 Å². The molecule has 2 aromatic rings. The molecule has 6 nitrogen and oxygen atoms in total. The van der Waals surface area contributed by atoms with Crippen molar-refractivity contribution in [2.75, 3.05) is 20.0 Å². The van der Waals surface area contributed by atoms with E-state index < -0.39 is 5.97 Å². The molecule has 0 spiro atoms. The highest BCUT2D eigenvalue weighted by Gasteiger charge is 2.04. The second-order valence-corrected chi connectivity index (χ2v) is 4.37. The molecule has 0 amide bonds. The Morgan fingerprint density at radius 2 is 2.05 bits per heavy atom. The Hall–Kier alpha value is -2.76. The van der Waals surface area contributed by atoms with Crippen molar-refractivity contribution in [3.05, 3.63) is 47.7 Å². The van der Waals surface area contributed by atoms with E-state index in [0.29, 0.717) is 17.9 Å². The molecule has 1 heterocycles. The van der Waals surface area contributed by atoms with E-state index >= 15 is 0 Å². The molecule has 2 N–H and O–H groups in total. The van der Waals surface area contributed by atoms with Crippen molar-refractivity contribution in [2.24, 2.45) is 0 Å². The monoisotopic (exact) mass is 287 g/mol. The van der Waals surface area contributed by atoms with E-state index in [1.54, 1.807) is 24.1 Å². The second-order valence-electron chi connectivity index (χ2n) is 4.37. The lowest BCUT2D eigenvalue weighted by atomic mass is 10.2. The van der Waals surface area contributed by atoms with Crippen LogP contribution in [0, 0.1) is 0 Å². The standard InChI is InChI=1S/C15H17N3O3/c1-20-13-6-3-11(4-7-13)9-18-10-12(15(16)17-18)5-8-14(19)21-2/h3-8,10H,9H2,1-2H3,(H2,16,17)/b8-5+. The van der Waals surface area contributed by atoms with Crippen LogP contribution in [0.5, 0.6) is 5.75 Å². The molecule has 0 unspecified atom stereocenters. The molecular weight excluding hydrogens is 270 g/mol. The molecule has 0 saturated carbocycles. The maximum absolute atomic E-state index is 11.1. The van der Waals surface area contributed by atoms with Crippen LogP contribution in [0.1, 0.15) is 11.1 Å². The molecular formula is C15H17N3O3. The number of rotatable bonds is 5. The van der Waals surface area contributed by atoms with Gasteiger partial charge in [0.25, 0.3) is 0 Å². The van der Waals surface area contributed by atoms with Gasteiger partial charge in [0.05, 0.1) is 20.8 Å². The summed E-state index contributed by atoms with van der Waals surface area (Å²) in [5, 5.41) is 4.21. The SMILES string of the molecule is COC(=O)/C=C/c1cn(Cc2ccc(OC)cc2)nc1N. The van der Waals surface area contributed by atoms with Gasteiger partial charge in [0, 0.05) is 17.8 Å². The number of benzene rings is 1. The lowest BCUT2D eigenvalue weighted by Gasteiger charge is -2.03. The third-order valence-electron chi connectivity index (χ3n) is 2.92. The highest BCUT2D eigenvalue weighted by Crippen LogP contribution is 2.15. The van der Waals surface area contributed by atoms with Gasteiger partial charge in [-0.2, -0.15) is 5.10 Å². The quantitative estimate of drug-likeness (QED) is 0.669. The Morgan fingerprint density at radius 1 is 1.33 bits per heavy atom. The Balaban J connectivity index is 2.10. The first-order valence-electron chi connectivity index (χ1n) is 6.34. The molecule has 21 heavy (non-hydrogen) atoms. The van der Waals surface area contributed by atoms with Gasteiger partial charge in [-0.15, -0.1) is 0 Å². The van der Waals surface area contributed by atoms with Gasteiger partial charge < -0.3 is 15.2 Å². The number of nitrogens with zero attached hydrogens (tertiary/aromatic N) is 2. The zero-order valence-corrected chi connectivity index (χ0v) is 11.9. The molecule has 6 heteroatoms. The predicted octanol–water partition coefficient (Wildman–Crippen LogP) is 1.71. The van der Waals surface area contributed by atoms with Crippen LogP contribution in [0.2, 0.25) is 0 Å². The van der Waals surface area contributed by atoms with Crippen LogP contribution in [0.3, 0.4) is 0 Å². The van der Waals surface area contributed by atoms with E-state index in [-0.39, 0.29) is 0 Å². The maximum atomic E-state index is 11.1. The molecule has 0 saturated heterocycles. The van der Waals surface area contributed by atoms with E-state index in [1.807, 2.05) is 24.3 Å². The number of carbonyl (C=O) groups is 1. The lowest BCUT2D eigenvalue weighted by Crippen LogP contribution is -2.00. The van der Waals surface area contributed by atoms with Crippen molar-refractivity contribution in [3.8, 4) is 5.75 Å². The second kappa shape index (κ2) is 6.60. The van der Waals surface area contributed by atoms with Crippen molar-refractivity contribution in [2.45, 2.75) is 6.54 Å². The normalized spacial score (nSPS) is 10.8. The van der Waals surface area contributed by atoms with Crippen LogP contribution >= 0.6 is 0 Å². The maximum Gasteiger partial charge on any atom is 0.330 e. The molecule has 0 radical (unpaired) electrons. The van der Waals surface area contributed by atoms with Crippen molar-refractivity contribution in [1.82, 2.24) is 9.78 Å². The van der Waals surface area contributed by atoms with Crippen LogP contribution in [0.4, 0.5) is 5.82 Å². The Kier molecular flexibility index (Phi) is 4.61. The van der Waals surface area contributed by atoms with E-state index in [0.717, 1.165) is 11.3 Å². The van der Waals surface area contributed by atoms with Gasteiger partial charge >= 0.3 is 5.97 Å².